The highest BCUT2D eigenvalue weighted by Crippen LogP contribution is 2.29. The Morgan fingerprint density at radius 1 is 1.26 bits per heavy atom. The van der Waals surface area contributed by atoms with Crippen molar-refractivity contribution in [2.75, 3.05) is 12.9 Å². The Balaban J connectivity index is 1.73. The fraction of sp³-hybridized carbons (Fsp3) is 0.111. The molecule has 0 aliphatic carbocycles. The van der Waals surface area contributed by atoms with Gasteiger partial charge < -0.3 is 14.8 Å². The number of benzene rings is 2. The molecule has 0 spiro atoms. The molecule has 1 aliphatic heterocycles. The van der Waals surface area contributed by atoms with E-state index in [1.54, 1.807) is 42.5 Å². The molecule has 1 heterocycles. The monoisotopic (exact) mass is 403 g/mol. The second-order valence-electron chi connectivity index (χ2n) is 5.27. The van der Waals surface area contributed by atoms with Gasteiger partial charge in [-0.2, -0.15) is 5.10 Å². The lowest BCUT2D eigenvalue weighted by Crippen LogP contribution is -2.19. The average Bonchev–Trinajstić information content (AvgIpc) is 3.08. The third-order valence-electron chi connectivity index (χ3n) is 3.43. The van der Waals surface area contributed by atoms with Gasteiger partial charge in [0, 0.05) is 0 Å². The normalized spacial score (nSPS) is 15.2. The number of halogens is 1. The molecule has 1 aliphatic rings. The van der Waals surface area contributed by atoms with Gasteiger partial charge in [0.1, 0.15) is 0 Å². The number of nitrogens with one attached hydrogen (secondary N) is 1. The van der Waals surface area contributed by atoms with Crippen LogP contribution in [0.3, 0.4) is 0 Å². The minimum Gasteiger partial charge on any atom is -0.493 e. The molecule has 0 unspecified atom stereocenters. The molecular formula is C18H14ClN3O4S. The standard InChI is InChI=1S/C18H14ClN3O4S/c1-25-15-8-11(9-20-22-18-21-16(23)10-27-18)6-7-14(15)26-17(24)12-4-2-3-5-13(12)19/h2-9H,10H2,1H3,(H,21,22,23)/b20-9-. The molecule has 138 valence electrons. The van der Waals surface area contributed by atoms with Crippen LogP contribution in [0.25, 0.3) is 0 Å². The van der Waals surface area contributed by atoms with Gasteiger partial charge in [0.25, 0.3) is 0 Å². The zero-order chi connectivity index (χ0) is 19.2. The largest absolute Gasteiger partial charge is 0.493 e. The molecule has 0 atom stereocenters. The van der Waals surface area contributed by atoms with Crippen molar-refractivity contribution in [3.8, 4) is 11.5 Å². The highest BCUT2D eigenvalue weighted by molar-refractivity contribution is 8.15. The van der Waals surface area contributed by atoms with Crippen LogP contribution >= 0.6 is 23.4 Å². The smallest absolute Gasteiger partial charge is 0.345 e. The topological polar surface area (TPSA) is 89.3 Å². The molecule has 0 radical (unpaired) electrons. The number of esters is 1. The van der Waals surface area contributed by atoms with E-state index in [9.17, 15) is 9.59 Å². The zero-order valence-corrected chi connectivity index (χ0v) is 15.7. The Labute approximate surface area is 164 Å². The second kappa shape index (κ2) is 8.70. The first-order chi connectivity index (χ1) is 13.1. The summed E-state index contributed by atoms with van der Waals surface area (Å²) < 4.78 is 10.7. The molecule has 3 rings (SSSR count). The highest BCUT2D eigenvalue weighted by atomic mass is 35.5. The Kier molecular flexibility index (Phi) is 6.10. The van der Waals surface area contributed by atoms with Crippen LogP contribution in [0.4, 0.5) is 0 Å². The third kappa shape index (κ3) is 4.87. The number of hydrogen-bond donors (Lipinski definition) is 1. The number of methoxy groups -OCH3 is 1. The summed E-state index contributed by atoms with van der Waals surface area (Å²) >= 11 is 7.30. The van der Waals surface area contributed by atoms with Crippen molar-refractivity contribution >= 4 is 46.6 Å². The van der Waals surface area contributed by atoms with E-state index >= 15 is 0 Å². The van der Waals surface area contributed by atoms with Crippen LogP contribution in [0, 0.1) is 0 Å². The van der Waals surface area contributed by atoms with E-state index in [4.69, 9.17) is 21.1 Å². The van der Waals surface area contributed by atoms with Crippen LogP contribution in [0.2, 0.25) is 5.02 Å². The molecular weight excluding hydrogens is 390 g/mol. The third-order valence-corrected chi connectivity index (χ3v) is 4.62. The zero-order valence-electron chi connectivity index (χ0n) is 14.1. The molecule has 9 heteroatoms. The van der Waals surface area contributed by atoms with E-state index in [-0.39, 0.29) is 17.2 Å². The maximum atomic E-state index is 12.3. The predicted molar refractivity (Wildman–Crippen MR) is 105 cm³/mol. The molecule has 27 heavy (non-hydrogen) atoms. The minimum absolute atomic E-state index is 0.0969. The Hall–Kier alpha value is -2.84. The van der Waals surface area contributed by atoms with Gasteiger partial charge in [0.15, 0.2) is 16.7 Å². The maximum absolute atomic E-state index is 12.3. The number of amides is 1. The molecule has 2 aromatic carbocycles. The Morgan fingerprint density at radius 2 is 2.07 bits per heavy atom. The number of carbonyl (C=O) groups is 2. The van der Waals surface area contributed by atoms with Crippen molar-refractivity contribution < 1.29 is 19.1 Å². The van der Waals surface area contributed by atoms with E-state index in [1.807, 2.05) is 0 Å². The molecule has 1 saturated heterocycles. The van der Waals surface area contributed by atoms with E-state index < -0.39 is 5.97 Å². The molecule has 0 saturated carbocycles. The fourth-order valence-corrected chi connectivity index (χ4v) is 3.00. The number of ether oxygens (including phenoxy) is 2. The van der Waals surface area contributed by atoms with Gasteiger partial charge in [-0.25, -0.2) is 4.79 Å². The second-order valence-corrected chi connectivity index (χ2v) is 6.64. The van der Waals surface area contributed by atoms with Crippen molar-refractivity contribution in [2.24, 2.45) is 10.2 Å². The molecule has 0 bridgehead atoms. The molecule has 1 amide bonds. The van der Waals surface area contributed by atoms with E-state index in [1.165, 1.54) is 25.1 Å². The van der Waals surface area contributed by atoms with Crippen LogP contribution < -0.4 is 14.8 Å². The Bertz CT molecular complexity index is 946. The van der Waals surface area contributed by atoms with Crippen LogP contribution in [-0.2, 0) is 4.79 Å². The van der Waals surface area contributed by atoms with Gasteiger partial charge in [-0.15, -0.1) is 5.10 Å². The molecule has 0 aromatic heterocycles. The SMILES string of the molecule is COc1cc(/C=N\N=C2\NC(=O)CS2)ccc1OC(=O)c1ccccc1Cl. The number of thioether (sulfide) groups is 1. The number of amidine groups is 1. The van der Waals surface area contributed by atoms with Gasteiger partial charge in [0.2, 0.25) is 5.91 Å². The number of rotatable bonds is 5. The minimum atomic E-state index is -0.583. The van der Waals surface area contributed by atoms with E-state index in [0.717, 1.165) is 0 Å². The Morgan fingerprint density at radius 3 is 2.78 bits per heavy atom. The average molecular weight is 404 g/mol. The van der Waals surface area contributed by atoms with Crippen LogP contribution in [0.5, 0.6) is 11.5 Å². The lowest BCUT2D eigenvalue weighted by molar-refractivity contribution is -0.116. The summed E-state index contributed by atoms with van der Waals surface area (Å²) in [6.45, 7) is 0. The number of hydrogen-bond acceptors (Lipinski definition) is 7. The molecule has 1 N–H and O–H groups in total. The van der Waals surface area contributed by atoms with Crippen molar-refractivity contribution in [1.82, 2.24) is 5.32 Å². The summed E-state index contributed by atoms with van der Waals surface area (Å²) in [5, 5.41) is 11.2. The van der Waals surface area contributed by atoms with Crippen LogP contribution in [0.1, 0.15) is 15.9 Å². The van der Waals surface area contributed by atoms with Crippen LogP contribution in [0.15, 0.2) is 52.7 Å². The first-order valence-electron chi connectivity index (χ1n) is 7.75. The predicted octanol–water partition coefficient (Wildman–Crippen LogP) is 3.12. The first kappa shape index (κ1) is 18.9. The summed E-state index contributed by atoms with van der Waals surface area (Å²) in [6, 6.07) is 11.6. The lowest BCUT2D eigenvalue weighted by atomic mass is 10.2. The lowest BCUT2D eigenvalue weighted by Gasteiger charge is -2.10. The fourth-order valence-electron chi connectivity index (χ4n) is 2.16. The van der Waals surface area contributed by atoms with Gasteiger partial charge in [0.05, 0.1) is 29.7 Å². The first-order valence-corrected chi connectivity index (χ1v) is 9.11. The van der Waals surface area contributed by atoms with Gasteiger partial charge in [-0.3, -0.25) is 4.79 Å². The molecule has 1 fully saturated rings. The van der Waals surface area contributed by atoms with Crippen molar-refractivity contribution in [1.29, 1.82) is 0 Å². The number of carbonyl (C=O) groups excluding carboxylic acids is 2. The highest BCUT2D eigenvalue weighted by Gasteiger charge is 2.16. The van der Waals surface area contributed by atoms with Gasteiger partial charge in [-0.1, -0.05) is 35.5 Å². The summed E-state index contributed by atoms with van der Waals surface area (Å²) in [5.41, 5.74) is 0.946. The van der Waals surface area contributed by atoms with Gasteiger partial charge >= 0.3 is 5.97 Å². The van der Waals surface area contributed by atoms with Crippen molar-refractivity contribution in [2.45, 2.75) is 0 Å². The van der Waals surface area contributed by atoms with Gasteiger partial charge in [-0.05, 0) is 35.9 Å². The summed E-state index contributed by atoms with van der Waals surface area (Å²) in [4.78, 5) is 23.4. The molecule has 2 aromatic rings. The quantitative estimate of drug-likeness (QED) is 0.358. The maximum Gasteiger partial charge on any atom is 0.345 e. The van der Waals surface area contributed by atoms with E-state index in [2.05, 4.69) is 15.5 Å². The molecule has 7 nitrogen and oxygen atoms in total. The summed E-state index contributed by atoms with van der Waals surface area (Å²) in [6.07, 6.45) is 1.50. The van der Waals surface area contributed by atoms with Crippen molar-refractivity contribution in [3.05, 3.63) is 58.6 Å². The summed E-state index contributed by atoms with van der Waals surface area (Å²) in [5.74, 6) is 0.272. The summed E-state index contributed by atoms with van der Waals surface area (Å²) in [7, 11) is 1.47. The van der Waals surface area contributed by atoms with Crippen molar-refractivity contribution in [3.63, 3.8) is 0 Å². The number of nitrogens with zero attached hydrogens (tertiary/aromatic N) is 2. The van der Waals surface area contributed by atoms with Crippen LogP contribution in [-0.4, -0.2) is 36.1 Å². The van der Waals surface area contributed by atoms with E-state index in [0.29, 0.717) is 27.3 Å².